The molecule has 182 valence electrons. The van der Waals surface area contributed by atoms with Crippen LogP contribution in [0.15, 0.2) is 76.6 Å². The second kappa shape index (κ2) is 9.51. The van der Waals surface area contributed by atoms with Gasteiger partial charge in [0, 0.05) is 40.4 Å². The molecule has 36 heavy (non-hydrogen) atoms. The van der Waals surface area contributed by atoms with E-state index in [0.29, 0.717) is 39.7 Å². The van der Waals surface area contributed by atoms with Crippen LogP contribution in [0.4, 0.5) is 0 Å². The van der Waals surface area contributed by atoms with Crippen molar-refractivity contribution in [3.8, 4) is 22.6 Å². The van der Waals surface area contributed by atoms with Crippen molar-refractivity contribution < 1.29 is 14.3 Å². The van der Waals surface area contributed by atoms with Gasteiger partial charge in [0.25, 0.3) is 5.56 Å². The number of aromatic nitrogens is 1. The normalized spacial score (nSPS) is 15.2. The number of ether oxygens (including phenoxy) is 2. The van der Waals surface area contributed by atoms with Gasteiger partial charge in [-0.05, 0) is 42.0 Å². The van der Waals surface area contributed by atoms with Crippen LogP contribution >= 0.6 is 11.6 Å². The number of fused-ring (bicyclic) bond motifs is 1. The van der Waals surface area contributed by atoms with Gasteiger partial charge in [0.1, 0.15) is 11.5 Å². The minimum Gasteiger partial charge on any atom is -0.497 e. The van der Waals surface area contributed by atoms with Gasteiger partial charge < -0.3 is 14.5 Å². The van der Waals surface area contributed by atoms with Crippen molar-refractivity contribution in [2.45, 2.75) is 19.4 Å². The second-order valence-electron chi connectivity index (χ2n) is 8.50. The number of carbonyl (C=O) groups excluding carboxylic acids is 1. The van der Waals surface area contributed by atoms with Crippen molar-refractivity contribution in [3.05, 3.63) is 93.2 Å². The van der Waals surface area contributed by atoms with Gasteiger partial charge in [0.2, 0.25) is 5.91 Å². The maximum atomic E-state index is 13.5. The summed E-state index contributed by atoms with van der Waals surface area (Å²) in [5.41, 5.74) is 3.60. The third kappa shape index (κ3) is 4.12. The highest BCUT2D eigenvalue weighted by Gasteiger charge is 2.36. The van der Waals surface area contributed by atoms with Crippen LogP contribution in [0.1, 0.15) is 30.5 Å². The first kappa shape index (κ1) is 23.6. The predicted molar refractivity (Wildman–Crippen MR) is 141 cm³/mol. The lowest BCUT2D eigenvalue weighted by Crippen LogP contribution is -2.24. The quantitative estimate of drug-likeness (QED) is 0.388. The molecule has 0 saturated carbocycles. The fraction of sp³-hybridized carbons (Fsp3) is 0.179. The minimum absolute atomic E-state index is 0.249. The molecule has 1 aromatic heterocycles. The summed E-state index contributed by atoms with van der Waals surface area (Å²) in [5.74, 6) is 0.985. The average molecular weight is 502 g/mol. The Bertz CT molecular complexity index is 1560. The van der Waals surface area contributed by atoms with Crippen LogP contribution in [-0.4, -0.2) is 35.8 Å². The maximum absolute atomic E-state index is 13.5. The number of rotatable bonds is 5. The molecule has 1 atom stereocenters. The topological polar surface area (TPSA) is 84.0 Å². The summed E-state index contributed by atoms with van der Waals surface area (Å²) in [5, 5.41) is 7.43. The van der Waals surface area contributed by atoms with E-state index in [2.05, 4.69) is 10.1 Å². The van der Waals surface area contributed by atoms with E-state index in [9.17, 15) is 9.59 Å². The number of halogens is 1. The van der Waals surface area contributed by atoms with Crippen LogP contribution in [-0.2, 0) is 4.79 Å². The number of carbonyl (C=O) groups is 1. The van der Waals surface area contributed by atoms with Gasteiger partial charge in [-0.3, -0.25) is 9.59 Å². The molecule has 0 fully saturated rings. The summed E-state index contributed by atoms with van der Waals surface area (Å²) in [6.45, 7) is 1.45. The summed E-state index contributed by atoms with van der Waals surface area (Å²) in [6.07, 6.45) is 0.318. The van der Waals surface area contributed by atoms with Crippen molar-refractivity contribution in [2.75, 3.05) is 14.2 Å². The molecule has 0 saturated heterocycles. The number of hydrazone groups is 1. The number of hydrogen-bond acceptors (Lipinski definition) is 5. The molecule has 0 bridgehead atoms. The Morgan fingerprint density at radius 2 is 1.81 bits per heavy atom. The van der Waals surface area contributed by atoms with E-state index in [-0.39, 0.29) is 11.5 Å². The number of methoxy groups -OCH3 is 2. The Morgan fingerprint density at radius 1 is 1.03 bits per heavy atom. The highest BCUT2D eigenvalue weighted by Crippen LogP contribution is 2.41. The van der Waals surface area contributed by atoms with Crippen LogP contribution in [0.5, 0.6) is 11.5 Å². The molecule has 0 unspecified atom stereocenters. The lowest BCUT2D eigenvalue weighted by atomic mass is 9.91. The molecular formula is C28H24ClN3O4. The molecule has 8 heteroatoms. The molecule has 2 heterocycles. The lowest BCUT2D eigenvalue weighted by Gasteiger charge is -2.23. The predicted octanol–water partition coefficient (Wildman–Crippen LogP) is 5.56. The molecular weight excluding hydrogens is 478 g/mol. The van der Waals surface area contributed by atoms with Gasteiger partial charge in [-0.1, -0.05) is 41.9 Å². The van der Waals surface area contributed by atoms with Crippen molar-refractivity contribution in [1.29, 1.82) is 0 Å². The number of hydrogen-bond donors (Lipinski definition) is 1. The zero-order valence-corrected chi connectivity index (χ0v) is 20.8. The molecule has 1 amide bonds. The Kier molecular flexibility index (Phi) is 6.24. The molecule has 0 spiro atoms. The van der Waals surface area contributed by atoms with Crippen molar-refractivity contribution >= 4 is 34.1 Å². The van der Waals surface area contributed by atoms with Gasteiger partial charge in [0.05, 0.1) is 31.5 Å². The lowest BCUT2D eigenvalue weighted by molar-refractivity contribution is -0.130. The number of pyridine rings is 1. The smallest absolute Gasteiger partial charge is 0.258 e. The highest BCUT2D eigenvalue weighted by atomic mass is 35.5. The SMILES string of the molecule is COc1ccc(OC)c([C@H]2CC(c3c(-c4ccccc4)c4cc(Cl)ccc4[nH]c3=O)=NN2C(C)=O)c1. The second-order valence-corrected chi connectivity index (χ2v) is 8.93. The van der Waals surface area contributed by atoms with Gasteiger partial charge in [0.15, 0.2) is 0 Å². The summed E-state index contributed by atoms with van der Waals surface area (Å²) in [7, 11) is 3.15. The van der Waals surface area contributed by atoms with Crippen molar-refractivity contribution in [3.63, 3.8) is 0 Å². The standard InChI is InChI=1S/C28H24ClN3O4/c1-16(33)32-24(21-14-19(35-2)10-12-25(21)36-3)15-23(31-32)27-26(17-7-5-4-6-8-17)20-13-18(29)9-11-22(20)30-28(27)34/h4-14,24H,15H2,1-3H3,(H,30,34)/t24-/m1/s1. The Hall–Kier alpha value is -4.10. The number of benzene rings is 3. The monoisotopic (exact) mass is 501 g/mol. The third-order valence-electron chi connectivity index (χ3n) is 6.36. The minimum atomic E-state index is -0.472. The van der Waals surface area contributed by atoms with Gasteiger partial charge in [-0.15, -0.1) is 0 Å². The molecule has 1 aliphatic heterocycles. The van der Waals surface area contributed by atoms with Crippen LogP contribution in [0.2, 0.25) is 5.02 Å². The fourth-order valence-corrected chi connectivity index (χ4v) is 4.91. The number of amides is 1. The summed E-state index contributed by atoms with van der Waals surface area (Å²) >= 11 is 6.36. The average Bonchev–Trinajstić information content (AvgIpc) is 3.33. The molecule has 4 aromatic rings. The van der Waals surface area contributed by atoms with Crippen LogP contribution in [0.25, 0.3) is 22.0 Å². The number of nitrogens with zero attached hydrogens (tertiary/aromatic N) is 2. The Morgan fingerprint density at radius 3 is 2.50 bits per heavy atom. The molecule has 1 aliphatic rings. The maximum Gasteiger partial charge on any atom is 0.258 e. The molecule has 0 radical (unpaired) electrons. The molecule has 3 aromatic carbocycles. The van der Waals surface area contributed by atoms with E-state index >= 15 is 0 Å². The van der Waals surface area contributed by atoms with Crippen molar-refractivity contribution in [1.82, 2.24) is 9.99 Å². The first-order valence-corrected chi connectivity index (χ1v) is 11.8. The van der Waals surface area contributed by atoms with Crippen LogP contribution < -0.4 is 15.0 Å². The van der Waals surface area contributed by atoms with E-state index in [1.807, 2.05) is 42.5 Å². The summed E-state index contributed by atoms with van der Waals surface area (Å²) in [4.78, 5) is 29.2. The van der Waals surface area contributed by atoms with E-state index in [1.165, 1.54) is 11.9 Å². The van der Waals surface area contributed by atoms with Crippen LogP contribution in [0.3, 0.4) is 0 Å². The van der Waals surface area contributed by atoms with E-state index in [1.54, 1.807) is 38.5 Å². The summed E-state index contributed by atoms with van der Waals surface area (Å²) < 4.78 is 11.0. The Balaban J connectivity index is 1.74. The zero-order chi connectivity index (χ0) is 25.4. The van der Waals surface area contributed by atoms with Gasteiger partial charge >= 0.3 is 0 Å². The first-order chi connectivity index (χ1) is 17.4. The van der Waals surface area contributed by atoms with Crippen LogP contribution in [0, 0.1) is 0 Å². The van der Waals surface area contributed by atoms with E-state index in [4.69, 9.17) is 21.1 Å². The van der Waals surface area contributed by atoms with Gasteiger partial charge in [-0.25, -0.2) is 5.01 Å². The fourth-order valence-electron chi connectivity index (χ4n) is 4.74. The number of nitrogens with one attached hydrogen (secondary N) is 1. The highest BCUT2D eigenvalue weighted by molar-refractivity contribution is 6.31. The first-order valence-electron chi connectivity index (χ1n) is 11.4. The molecule has 0 aliphatic carbocycles. The molecule has 7 nitrogen and oxygen atoms in total. The van der Waals surface area contributed by atoms with E-state index in [0.717, 1.165) is 22.1 Å². The zero-order valence-electron chi connectivity index (χ0n) is 20.0. The summed E-state index contributed by atoms with van der Waals surface area (Å²) in [6, 6.07) is 20.0. The molecule has 1 N–H and O–H groups in total. The Labute approximate surface area is 212 Å². The largest absolute Gasteiger partial charge is 0.497 e. The molecule has 5 rings (SSSR count). The number of aromatic amines is 1. The number of H-pyrrole nitrogens is 1. The van der Waals surface area contributed by atoms with Crippen molar-refractivity contribution in [2.24, 2.45) is 5.10 Å². The van der Waals surface area contributed by atoms with Gasteiger partial charge in [-0.2, -0.15) is 5.10 Å². The third-order valence-corrected chi connectivity index (χ3v) is 6.59. The van der Waals surface area contributed by atoms with E-state index < -0.39 is 6.04 Å².